The van der Waals surface area contributed by atoms with Crippen LogP contribution in [0.2, 0.25) is 0 Å². The first-order valence-corrected chi connectivity index (χ1v) is 24.3. The van der Waals surface area contributed by atoms with Crippen LogP contribution in [0.25, 0.3) is 0 Å². The van der Waals surface area contributed by atoms with Crippen molar-refractivity contribution in [2.24, 2.45) is 23.3 Å². The number of nitrogens with one attached hydrogen (secondary N) is 10. The van der Waals surface area contributed by atoms with Gasteiger partial charge in [-0.15, -0.1) is 0 Å². The van der Waals surface area contributed by atoms with Gasteiger partial charge in [-0.3, -0.25) is 67.1 Å². The van der Waals surface area contributed by atoms with Crippen LogP contribution in [0.3, 0.4) is 0 Å². The summed E-state index contributed by atoms with van der Waals surface area (Å²) in [5.41, 5.74) is 10.7. The van der Waals surface area contributed by atoms with E-state index in [1.54, 1.807) is 27.7 Å². The Balaban J connectivity index is 3.71. The quantitative estimate of drug-likeness (QED) is 0.0765. The third-order valence-electron chi connectivity index (χ3n) is 9.56. The van der Waals surface area contributed by atoms with Crippen molar-refractivity contribution in [3.8, 4) is 0 Å². The number of hydrogen-bond donors (Lipinski definition) is 14. The molecule has 1 aliphatic heterocycles. The summed E-state index contributed by atoms with van der Waals surface area (Å²) < 4.78 is 0. The largest absolute Gasteiger partial charge is 0.481 e. The Hall–Kier alpha value is -6.72. The molecule has 16 N–H and O–H groups in total. The van der Waals surface area contributed by atoms with Gasteiger partial charge in [-0.05, 0) is 38.0 Å². The topological polar surface area (TPSA) is 452 Å². The zero-order chi connectivity index (χ0) is 53.4. The number of carboxylic acids is 2. The molecule has 0 saturated carbocycles. The van der Waals surface area contributed by atoms with Crippen LogP contribution in [-0.2, 0) is 67.1 Å². The highest BCUT2D eigenvalue weighted by molar-refractivity contribution is 8.76. The lowest BCUT2D eigenvalue weighted by Crippen LogP contribution is -2.60. The van der Waals surface area contributed by atoms with Gasteiger partial charge in [-0.2, -0.15) is 0 Å². The Morgan fingerprint density at radius 1 is 0.586 bits per heavy atom. The Bertz CT molecular complexity index is 1970. The Labute approximate surface area is 410 Å². The first-order chi connectivity index (χ1) is 32.6. The average Bonchev–Trinajstić information content (AvgIpc) is 3.24. The molecular weight excluding hydrogens is 969 g/mol. The number of hydrogen-bond acceptors (Lipinski definition) is 16. The first-order valence-electron chi connectivity index (χ1n) is 21.8. The van der Waals surface area contributed by atoms with Crippen LogP contribution in [0.5, 0.6) is 0 Å². The number of carbonyl (C=O) groups excluding carboxylic acids is 12. The van der Waals surface area contributed by atoms with Crippen LogP contribution in [0.15, 0.2) is 0 Å². The number of carboxylic acid groups (broad SMARTS) is 2. The van der Waals surface area contributed by atoms with Gasteiger partial charge in [0.05, 0.1) is 25.9 Å². The molecule has 1 rings (SSSR count). The molecule has 0 aromatic heterocycles. The van der Waals surface area contributed by atoms with Gasteiger partial charge in [0, 0.05) is 24.9 Å². The molecule has 8 atom stereocenters. The molecule has 1 aliphatic rings. The highest BCUT2D eigenvalue weighted by Crippen LogP contribution is 2.23. The molecule has 0 aliphatic carbocycles. The summed E-state index contributed by atoms with van der Waals surface area (Å²) in [5.74, 6) is -16.0. The van der Waals surface area contributed by atoms with E-state index >= 15 is 0 Å². The lowest BCUT2D eigenvalue weighted by atomic mass is 10.0. The fraction of sp³-hybridized carbons (Fsp3) is 0.650. The van der Waals surface area contributed by atoms with Crippen LogP contribution >= 0.6 is 21.6 Å². The molecule has 0 aromatic rings. The predicted octanol–water partition coefficient (Wildman–Crippen LogP) is -5.68. The van der Waals surface area contributed by atoms with Gasteiger partial charge in [-0.25, -0.2) is 0 Å². The fourth-order valence-electron chi connectivity index (χ4n) is 6.15. The molecular formula is C40H64N12O16S2. The monoisotopic (exact) mass is 1030 g/mol. The van der Waals surface area contributed by atoms with Crippen molar-refractivity contribution in [2.45, 2.75) is 128 Å². The van der Waals surface area contributed by atoms with Gasteiger partial charge in [0.2, 0.25) is 70.9 Å². The standard InChI is InChI=1S/C40H64N12O16S2/c1-17(2)9-22-38(66)45-19(5)34(62)49-24(11-31(57)58)35(63)43-14-30(56)48-26(33(42)61)15-69-70-16-27(46-20(6)53)36(64)44-13-29(55)47-21(7-8-28(41)54)37(65)50-23(10-18(3)4)39(67)52-25(12-32(59)60)40(68)51-22/h17-19,21-27H,7-16H2,1-6H3,(H2,41,54)(H2,42,61)(H,43,63)(H,44,64)(H,45,66)(H,46,53)(H,47,55)(H,48,56)(H,49,62)(H,50,65)(H,51,68)(H,52,67)(H,57,58)(H,59,60)/t19-,21-,22-,23-,24-,25-,26-,27-/m0/s1. The van der Waals surface area contributed by atoms with Crippen LogP contribution < -0.4 is 64.6 Å². The van der Waals surface area contributed by atoms with Crippen molar-refractivity contribution in [3.63, 3.8) is 0 Å². The molecule has 392 valence electrons. The number of rotatable bonds is 13. The molecule has 70 heavy (non-hydrogen) atoms. The minimum Gasteiger partial charge on any atom is -0.481 e. The van der Waals surface area contributed by atoms with Crippen molar-refractivity contribution in [1.29, 1.82) is 0 Å². The van der Waals surface area contributed by atoms with Gasteiger partial charge < -0.3 is 74.8 Å². The van der Waals surface area contributed by atoms with E-state index in [1.165, 1.54) is 0 Å². The predicted molar refractivity (Wildman–Crippen MR) is 249 cm³/mol. The number of amides is 12. The second-order valence-corrected chi connectivity index (χ2v) is 19.4. The van der Waals surface area contributed by atoms with Crippen LogP contribution in [-0.4, -0.2) is 166 Å². The summed E-state index contributed by atoms with van der Waals surface area (Å²) in [4.78, 5) is 180. The van der Waals surface area contributed by atoms with E-state index in [0.717, 1.165) is 35.4 Å². The molecule has 28 nitrogen and oxygen atoms in total. The number of carbonyl (C=O) groups is 14. The second kappa shape index (κ2) is 30.7. The maximum atomic E-state index is 13.8. The summed E-state index contributed by atoms with van der Waals surface area (Å²) in [7, 11) is 1.86. The van der Waals surface area contributed by atoms with Gasteiger partial charge in [-0.1, -0.05) is 49.3 Å². The molecule has 1 fully saturated rings. The zero-order valence-corrected chi connectivity index (χ0v) is 41.1. The van der Waals surface area contributed by atoms with Gasteiger partial charge in [0.25, 0.3) is 0 Å². The summed E-state index contributed by atoms with van der Waals surface area (Å²) in [6.45, 7) is 7.31. The summed E-state index contributed by atoms with van der Waals surface area (Å²) in [6.07, 6.45) is -3.08. The second-order valence-electron chi connectivity index (χ2n) is 16.8. The Kier molecular flexibility index (Phi) is 26.9. The lowest BCUT2D eigenvalue weighted by molar-refractivity contribution is -0.142. The van der Waals surface area contributed by atoms with E-state index in [9.17, 15) is 77.3 Å². The Morgan fingerprint density at radius 2 is 1.01 bits per heavy atom. The highest BCUT2D eigenvalue weighted by atomic mass is 33.1. The van der Waals surface area contributed by atoms with E-state index in [2.05, 4.69) is 53.2 Å². The van der Waals surface area contributed by atoms with Gasteiger partial charge >= 0.3 is 11.9 Å². The van der Waals surface area contributed by atoms with Gasteiger partial charge in [0.15, 0.2) is 0 Å². The average molecular weight is 1030 g/mol. The molecule has 30 heteroatoms. The fourth-order valence-corrected chi connectivity index (χ4v) is 8.49. The third-order valence-corrected chi connectivity index (χ3v) is 12.0. The smallest absolute Gasteiger partial charge is 0.305 e. The van der Waals surface area contributed by atoms with Crippen LogP contribution in [0.1, 0.15) is 80.1 Å². The molecule has 1 saturated heterocycles. The summed E-state index contributed by atoms with van der Waals surface area (Å²) >= 11 is 0. The summed E-state index contributed by atoms with van der Waals surface area (Å²) in [6, 6.07) is -12.4. The molecule has 12 amide bonds. The lowest BCUT2D eigenvalue weighted by Gasteiger charge is -2.27. The minimum absolute atomic E-state index is 0.107. The van der Waals surface area contributed by atoms with Crippen molar-refractivity contribution in [1.82, 2.24) is 53.2 Å². The molecule has 0 unspecified atom stereocenters. The van der Waals surface area contributed by atoms with E-state index in [4.69, 9.17) is 11.5 Å². The maximum Gasteiger partial charge on any atom is 0.305 e. The van der Waals surface area contributed by atoms with E-state index in [1.807, 2.05) is 0 Å². The normalized spacial score (nSPS) is 25.1. The SMILES string of the molecule is CC(=O)N[C@H]1CSSC[C@@H](C(N)=O)NC(=O)CNC(=O)[C@H](CC(=O)O)NC(=O)[C@H](C)NC(=O)[C@H](CC(C)C)NC(=O)[C@H](CC(=O)O)NC(=O)[C@H](CC(C)C)NC(=O)[C@H](CCC(N)=O)NC(=O)CNC1=O. The Morgan fingerprint density at radius 3 is 1.50 bits per heavy atom. The molecule has 0 bridgehead atoms. The molecule has 0 radical (unpaired) electrons. The highest BCUT2D eigenvalue weighted by Gasteiger charge is 2.35. The third kappa shape index (κ3) is 24.5. The summed E-state index contributed by atoms with van der Waals surface area (Å²) in [5, 5.41) is 42.2. The molecule has 0 spiro atoms. The van der Waals surface area contributed by atoms with Crippen LogP contribution in [0.4, 0.5) is 0 Å². The van der Waals surface area contributed by atoms with Gasteiger partial charge in [0.1, 0.15) is 48.3 Å². The molecule has 0 aromatic carbocycles. The maximum absolute atomic E-state index is 13.8. The van der Waals surface area contributed by atoms with Crippen LogP contribution in [0, 0.1) is 11.8 Å². The minimum atomic E-state index is -1.87. The van der Waals surface area contributed by atoms with Crippen molar-refractivity contribution < 1.29 is 77.3 Å². The van der Waals surface area contributed by atoms with E-state index in [-0.39, 0.29) is 36.2 Å². The number of aliphatic carboxylic acids is 2. The zero-order valence-electron chi connectivity index (χ0n) is 39.4. The van der Waals surface area contributed by atoms with E-state index < -0.39 is 170 Å². The first kappa shape index (κ1) is 61.3. The van der Waals surface area contributed by atoms with Crippen molar-refractivity contribution >= 4 is 104 Å². The number of primary amides is 2. The number of nitrogens with two attached hydrogens (primary N) is 2. The van der Waals surface area contributed by atoms with E-state index in [0.29, 0.717) is 0 Å². The van der Waals surface area contributed by atoms with Crippen molar-refractivity contribution in [3.05, 3.63) is 0 Å². The van der Waals surface area contributed by atoms with Crippen molar-refractivity contribution in [2.75, 3.05) is 24.6 Å². The molecule has 1 heterocycles.